The van der Waals surface area contributed by atoms with Gasteiger partial charge in [0, 0.05) is 28.5 Å². The van der Waals surface area contributed by atoms with Crippen molar-refractivity contribution in [1.29, 1.82) is 0 Å². The van der Waals surface area contributed by atoms with Crippen LogP contribution in [0.4, 0.5) is 0 Å². The molecule has 0 spiro atoms. The van der Waals surface area contributed by atoms with Crippen molar-refractivity contribution in [3.63, 3.8) is 0 Å². The topological polar surface area (TPSA) is 25.8 Å². The first kappa shape index (κ1) is 24.6. The fraction of sp³-hybridized carbons (Fsp3) is 0.355. The predicted molar refractivity (Wildman–Crippen MR) is 144 cm³/mol. The zero-order chi connectivity index (χ0) is 23.8. The summed E-state index contributed by atoms with van der Waals surface area (Å²) in [6.07, 6.45) is 17.2. The van der Waals surface area contributed by atoms with Crippen molar-refractivity contribution in [3.05, 3.63) is 89.9 Å². The van der Waals surface area contributed by atoms with Gasteiger partial charge in [0.25, 0.3) is 0 Å². The molecule has 33 heavy (non-hydrogen) atoms. The molecule has 2 heterocycles. The number of aryl methyl sites for hydroxylation is 2. The van der Waals surface area contributed by atoms with Crippen molar-refractivity contribution in [2.24, 2.45) is 5.41 Å². The monoisotopic (exact) mass is 438 g/mol. The number of benzene rings is 1. The molecule has 0 aliphatic rings. The van der Waals surface area contributed by atoms with Gasteiger partial charge in [0.15, 0.2) is 0 Å². The molecule has 0 saturated carbocycles. The molecule has 2 aromatic heterocycles. The standard InChI is InChI=1S/C31H38N2/c1-7-10-12-24(11-8-2)29-20-23(4)33-30-21-25(14-16-28(29)30)26-13-15-27(32-22-26)17-19-31(5,6)18-9-3/h7-8,10-16,20-22H,9,17-19H2,1-6H3/b10-7-,11-8-,24-12+. The fourth-order valence-electron chi connectivity index (χ4n) is 4.41. The van der Waals surface area contributed by atoms with Gasteiger partial charge in [-0.15, -0.1) is 0 Å². The lowest BCUT2D eigenvalue weighted by atomic mass is 9.83. The van der Waals surface area contributed by atoms with Gasteiger partial charge < -0.3 is 0 Å². The van der Waals surface area contributed by atoms with E-state index in [4.69, 9.17) is 9.97 Å². The SMILES string of the molecule is C\C=C/C=C(\C=C/C)c1cc(C)nc2cc(-c3ccc(CCC(C)(C)CCC)nc3)ccc12. The van der Waals surface area contributed by atoms with Gasteiger partial charge in [0.2, 0.25) is 0 Å². The van der Waals surface area contributed by atoms with E-state index in [9.17, 15) is 0 Å². The highest BCUT2D eigenvalue weighted by molar-refractivity contribution is 5.96. The van der Waals surface area contributed by atoms with Crippen molar-refractivity contribution in [3.8, 4) is 11.1 Å². The summed E-state index contributed by atoms with van der Waals surface area (Å²) in [5, 5.41) is 1.17. The third-order valence-corrected chi connectivity index (χ3v) is 6.21. The number of aromatic nitrogens is 2. The van der Waals surface area contributed by atoms with Crippen LogP contribution in [0.3, 0.4) is 0 Å². The van der Waals surface area contributed by atoms with Gasteiger partial charge in [-0.05, 0) is 80.3 Å². The van der Waals surface area contributed by atoms with Crippen molar-refractivity contribution in [2.45, 2.75) is 67.2 Å². The van der Waals surface area contributed by atoms with E-state index in [0.29, 0.717) is 5.41 Å². The third kappa shape index (κ3) is 6.51. The predicted octanol–water partition coefficient (Wildman–Crippen LogP) is 8.90. The molecule has 0 bridgehead atoms. The zero-order valence-electron chi connectivity index (χ0n) is 21.2. The van der Waals surface area contributed by atoms with Crippen LogP contribution in [0.1, 0.15) is 70.8 Å². The van der Waals surface area contributed by atoms with Crippen LogP contribution in [-0.2, 0) is 6.42 Å². The highest BCUT2D eigenvalue weighted by atomic mass is 14.7. The van der Waals surface area contributed by atoms with Gasteiger partial charge in [-0.25, -0.2) is 0 Å². The first-order chi connectivity index (χ1) is 15.9. The lowest BCUT2D eigenvalue weighted by Gasteiger charge is -2.23. The Labute approximate surface area is 200 Å². The van der Waals surface area contributed by atoms with Crippen LogP contribution >= 0.6 is 0 Å². The average molecular weight is 439 g/mol. The molecule has 0 aliphatic heterocycles. The zero-order valence-corrected chi connectivity index (χ0v) is 21.2. The molecule has 1 aromatic carbocycles. The van der Waals surface area contributed by atoms with Crippen LogP contribution in [-0.4, -0.2) is 9.97 Å². The minimum atomic E-state index is 0.377. The summed E-state index contributed by atoms with van der Waals surface area (Å²) in [4.78, 5) is 9.62. The summed E-state index contributed by atoms with van der Waals surface area (Å²) in [6.45, 7) is 13.1. The smallest absolute Gasteiger partial charge is 0.0717 e. The van der Waals surface area contributed by atoms with E-state index >= 15 is 0 Å². The summed E-state index contributed by atoms with van der Waals surface area (Å²) in [5.41, 5.74) is 8.28. The molecule has 0 aliphatic carbocycles. The molecule has 2 nitrogen and oxygen atoms in total. The second-order valence-corrected chi connectivity index (χ2v) is 9.64. The molecule has 0 fully saturated rings. The number of nitrogens with zero attached hydrogens (tertiary/aromatic N) is 2. The molecule has 3 rings (SSSR count). The van der Waals surface area contributed by atoms with E-state index in [1.807, 2.05) is 13.1 Å². The van der Waals surface area contributed by atoms with E-state index in [2.05, 4.69) is 101 Å². The summed E-state index contributed by atoms with van der Waals surface area (Å²) in [7, 11) is 0. The van der Waals surface area contributed by atoms with Crippen molar-refractivity contribution >= 4 is 16.5 Å². The molecule has 0 unspecified atom stereocenters. The lowest BCUT2D eigenvalue weighted by molar-refractivity contribution is 0.303. The molecule has 0 N–H and O–H groups in total. The van der Waals surface area contributed by atoms with Gasteiger partial charge in [-0.1, -0.05) is 75.8 Å². The molecule has 0 saturated heterocycles. The van der Waals surface area contributed by atoms with Crippen LogP contribution in [0, 0.1) is 12.3 Å². The minimum absolute atomic E-state index is 0.377. The Kier molecular flexibility index (Phi) is 8.38. The highest BCUT2D eigenvalue weighted by Gasteiger charge is 2.16. The third-order valence-electron chi connectivity index (χ3n) is 6.21. The van der Waals surface area contributed by atoms with Crippen LogP contribution in [0.25, 0.3) is 27.6 Å². The summed E-state index contributed by atoms with van der Waals surface area (Å²) < 4.78 is 0. The number of allylic oxidation sites excluding steroid dienone is 6. The van der Waals surface area contributed by atoms with E-state index in [-0.39, 0.29) is 0 Å². The van der Waals surface area contributed by atoms with E-state index < -0.39 is 0 Å². The number of hydrogen-bond donors (Lipinski definition) is 0. The Hall–Kier alpha value is -3.00. The highest BCUT2D eigenvalue weighted by Crippen LogP contribution is 2.31. The average Bonchev–Trinajstić information content (AvgIpc) is 2.80. The first-order valence-electron chi connectivity index (χ1n) is 12.2. The van der Waals surface area contributed by atoms with Gasteiger partial charge in [-0.2, -0.15) is 0 Å². The quantitative estimate of drug-likeness (QED) is 0.312. The van der Waals surface area contributed by atoms with Crippen LogP contribution in [0.2, 0.25) is 0 Å². The van der Waals surface area contributed by atoms with E-state index in [0.717, 1.165) is 28.8 Å². The van der Waals surface area contributed by atoms with Crippen molar-refractivity contribution < 1.29 is 0 Å². The maximum absolute atomic E-state index is 4.85. The second-order valence-electron chi connectivity index (χ2n) is 9.64. The Balaban J connectivity index is 1.91. The maximum atomic E-state index is 4.85. The number of fused-ring (bicyclic) bond motifs is 1. The number of rotatable bonds is 9. The Bertz CT molecular complexity index is 1160. The molecule has 0 atom stereocenters. The van der Waals surface area contributed by atoms with Crippen LogP contribution < -0.4 is 0 Å². The Morgan fingerprint density at radius 2 is 1.76 bits per heavy atom. The number of pyridine rings is 2. The van der Waals surface area contributed by atoms with Crippen molar-refractivity contribution in [1.82, 2.24) is 9.97 Å². The summed E-state index contributed by atoms with van der Waals surface area (Å²) in [5.74, 6) is 0. The minimum Gasteiger partial charge on any atom is -0.261 e. The Morgan fingerprint density at radius 3 is 2.42 bits per heavy atom. The molecule has 172 valence electrons. The van der Waals surface area contributed by atoms with E-state index in [1.54, 1.807) is 0 Å². The van der Waals surface area contributed by atoms with Crippen LogP contribution in [0.5, 0.6) is 0 Å². The molecule has 2 heteroatoms. The summed E-state index contributed by atoms with van der Waals surface area (Å²) >= 11 is 0. The molecule has 0 radical (unpaired) electrons. The normalized spacial score (nSPS) is 13.0. The second kappa shape index (κ2) is 11.2. The lowest BCUT2D eigenvalue weighted by Crippen LogP contribution is -2.12. The first-order valence-corrected chi connectivity index (χ1v) is 12.2. The number of hydrogen-bond acceptors (Lipinski definition) is 2. The largest absolute Gasteiger partial charge is 0.261 e. The maximum Gasteiger partial charge on any atom is 0.0717 e. The van der Waals surface area contributed by atoms with E-state index in [1.165, 1.54) is 41.5 Å². The summed E-state index contributed by atoms with van der Waals surface area (Å²) in [6, 6.07) is 13.1. The van der Waals surface area contributed by atoms with Gasteiger partial charge in [0.1, 0.15) is 0 Å². The molecular formula is C31H38N2. The molecule has 3 aromatic rings. The van der Waals surface area contributed by atoms with Gasteiger partial charge in [-0.3, -0.25) is 9.97 Å². The molecule has 0 amide bonds. The van der Waals surface area contributed by atoms with Crippen LogP contribution in [0.15, 0.2) is 73.0 Å². The Morgan fingerprint density at radius 1 is 0.970 bits per heavy atom. The van der Waals surface area contributed by atoms with Gasteiger partial charge in [0.05, 0.1) is 5.52 Å². The molecular weight excluding hydrogens is 400 g/mol. The van der Waals surface area contributed by atoms with Crippen molar-refractivity contribution in [2.75, 3.05) is 0 Å². The fourth-order valence-corrected chi connectivity index (χ4v) is 4.41. The van der Waals surface area contributed by atoms with Gasteiger partial charge >= 0.3 is 0 Å².